The van der Waals surface area contributed by atoms with E-state index in [2.05, 4.69) is 20.6 Å². The highest BCUT2D eigenvalue weighted by molar-refractivity contribution is 8.00. The number of aromatic nitrogens is 4. The molecule has 2 aromatic heterocycles. The number of nitrogens with one attached hydrogen (secondary N) is 1. The first kappa shape index (κ1) is 17.0. The minimum atomic E-state index is -0.181. The topological polar surface area (TPSA) is 72.7 Å². The molecule has 6 nitrogen and oxygen atoms in total. The molecule has 1 N–H and O–H groups in total. The third-order valence-electron chi connectivity index (χ3n) is 4.22. The van der Waals surface area contributed by atoms with Gasteiger partial charge in [-0.2, -0.15) is 5.10 Å². The lowest BCUT2D eigenvalue weighted by molar-refractivity contribution is -0.120. The van der Waals surface area contributed by atoms with Crippen molar-refractivity contribution in [1.82, 2.24) is 25.3 Å². The Morgan fingerprint density at radius 2 is 2.04 bits per heavy atom. The summed E-state index contributed by atoms with van der Waals surface area (Å²) >= 11 is 1.43. The highest BCUT2D eigenvalue weighted by atomic mass is 32.2. The lowest BCUT2D eigenvalue weighted by Gasteiger charge is -2.15. The van der Waals surface area contributed by atoms with Gasteiger partial charge in [0.15, 0.2) is 5.82 Å². The number of hydrogen-bond acceptors (Lipinski definition) is 5. The van der Waals surface area contributed by atoms with E-state index >= 15 is 0 Å². The Balaban J connectivity index is 1.61. The number of carbonyl (C=O) groups excluding carboxylic acids is 1. The Morgan fingerprint density at radius 1 is 1.29 bits per heavy atom. The summed E-state index contributed by atoms with van der Waals surface area (Å²) in [4.78, 5) is 12.2. The lowest BCUT2D eigenvalue weighted by atomic mass is 10.2. The van der Waals surface area contributed by atoms with Gasteiger partial charge in [-0.05, 0) is 51.8 Å². The SMILES string of the molecule is Cc1cc(C)n(-c2ccc(S[C@H](C)C(=O)NC3CCCC3)nn2)n1. The first-order valence-electron chi connectivity index (χ1n) is 8.37. The maximum atomic E-state index is 12.2. The molecule has 1 aliphatic rings. The normalized spacial score (nSPS) is 16.3. The molecular formula is C17H23N5OS. The Bertz CT molecular complexity index is 706. The average Bonchev–Trinajstić information content (AvgIpc) is 3.17. The first-order chi connectivity index (χ1) is 11.5. The van der Waals surface area contributed by atoms with E-state index < -0.39 is 0 Å². The molecule has 0 aliphatic heterocycles. The molecule has 7 heteroatoms. The molecule has 128 valence electrons. The van der Waals surface area contributed by atoms with Gasteiger partial charge in [-0.3, -0.25) is 4.79 Å². The van der Waals surface area contributed by atoms with Crippen LogP contribution in [0.1, 0.15) is 44.0 Å². The zero-order valence-electron chi connectivity index (χ0n) is 14.3. The van der Waals surface area contributed by atoms with E-state index in [1.165, 1.54) is 24.6 Å². The quantitative estimate of drug-likeness (QED) is 0.844. The standard InChI is InChI=1S/C17H23N5OS/c1-11-10-12(2)22(21-11)15-8-9-16(20-19-15)24-13(3)17(23)18-14-6-4-5-7-14/h8-10,13-14H,4-7H2,1-3H3,(H,18,23)/t13-/m1/s1. The maximum absolute atomic E-state index is 12.2. The monoisotopic (exact) mass is 345 g/mol. The van der Waals surface area contributed by atoms with E-state index in [-0.39, 0.29) is 11.2 Å². The first-order valence-corrected chi connectivity index (χ1v) is 9.25. The van der Waals surface area contributed by atoms with Crippen LogP contribution in [0.2, 0.25) is 0 Å². The Morgan fingerprint density at radius 3 is 2.62 bits per heavy atom. The summed E-state index contributed by atoms with van der Waals surface area (Å²) in [6, 6.07) is 6.12. The van der Waals surface area contributed by atoms with Crippen molar-refractivity contribution in [1.29, 1.82) is 0 Å². The van der Waals surface area contributed by atoms with Crippen molar-refractivity contribution in [3.63, 3.8) is 0 Å². The van der Waals surface area contributed by atoms with E-state index in [0.29, 0.717) is 11.9 Å². The van der Waals surface area contributed by atoms with Crippen LogP contribution in [0.4, 0.5) is 0 Å². The molecule has 1 aliphatic carbocycles. The van der Waals surface area contributed by atoms with Crippen LogP contribution in [0.15, 0.2) is 23.2 Å². The highest BCUT2D eigenvalue weighted by Crippen LogP contribution is 2.23. The van der Waals surface area contributed by atoms with Gasteiger partial charge in [-0.15, -0.1) is 10.2 Å². The number of carbonyl (C=O) groups is 1. The van der Waals surface area contributed by atoms with Crippen molar-refractivity contribution in [2.45, 2.75) is 62.8 Å². The molecule has 0 saturated heterocycles. The molecule has 2 heterocycles. The van der Waals surface area contributed by atoms with E-state index in [1.807, 2.05) is 39.0 Å². The zero-order chi connectivity index (χ0) is 17.1. The van der Waals surface area contributed by atoms with Gasteiger partial charge in [-0.1, -0.05) is 24.6 Å². The molecule has 1 amide bonds. The minimum absolute atomic E-state index is 0.0799. The third kappa shape index (κ3) is 3.95. The fourth-order valence-electron chi connectivity index (χ4n) is 2.97. The predicted octanol–water partition coefficient (Wildman–Crippen LogP) is 2.82. The number of rotatable bonds is 5. The van der Waals surface area contributed by atoms with Crippen LogP contribution < -0.4 is 5.32 Å². The van der Waals surface area contributed by atoms with Gasteiger partial charge in [0.05, 0.1) is 10.9 Å². The number of thioether (sulfide) groups is 1. The van der Waals surface area contributed by atoms with Crippen molar-refractivity contribution in [3.05, 3.63) is 29.6 Å². The molecule has 0 aromatic carbocycles. The molecule has 1 fully saturated rings. The van der Waals surface area contributed by atoms with Gasteiger partial charge in [-0.25, -0.2) is 4.68 Å². The number of aryl methyl sites for hydroxylation is 2. The lowest BCUT2D eigenvalue weighted by Crippen LogP contribution is -2.37. The van der Waals surface area contributed by atoms with E-state index in [1.54, 1.807) is 4.68 Å². The van der Waals surface area contributed by atoms with Crippen molar-refractivity contribution in [3.8, 4) is 5.82 Å². The van der Waals surface area contributed by atoms with E-state index in [0.717, 1.165) is 29.3 Å². The second-order valence-corrected chi connectivity index (χ2v) is 7.68. The van der Waals surface area contributed by atoms with Crippen LogP contribution in [-0.4, -0.2) is 37.2 Å². The second-order valence-electron chi connectivity index (χ2n) is 6.32. The molecule has 1 atom stereocenters. The maximum Gasteiger partial charge on any atom is 0.233 e. The summed E-state index contributed by atoms with van der Waals surface area (Å²) in [5, 5.41) is 16.6. The van der Waals surface area contributed by atoms with E-state index in [9.17, 15) is 4.79 Å². The summed E-state index contributed by atoms with van der Waals surface area (Å²) in [5.74, 6) is 0.768. The molecule has 2 aromatic rings. The second kappa shape index (κ2) is 7.34. The van der Waals surface area contributed by atoms with Crippen LogP contribution >= 0.6 is 11.8 Å². The summed E-state index contributed by atoms with van der Waals surface area (Å²) in [6.45, 7) is 5.84. The minimum Gasteiger partial charge on any atom is -0.352 e. The fraction of sp³-hybridized carbons (Fsp3) is 0.529. The van der Waals surface area contributed by atoms with Crippen molar-refractivity contribution >= 4 is 17.7 Å². The number of hydrogen-bond donors (Lipinski definition) is 1. The molecule has 24 heavy (non-hydrogen) atoms. The van der Waals surface area contributed by atoms with Crippen LogP contribution in [0.5, 0.6) is 0 Å². The third-order valence-corrected chi connectivity index (χ3v) is 5.25. The number of amides is 1. The molecule has 0 unspecified atom stereocenters. The van der Waals surface area contributed by atoms with Crippen molar-refractivity contribution < 1.29 is 4.79 Å². The van der Waals surface area contributed by atoms with Crippen LogP contribution in [-0.2, 0) is 4.79 Å². The van der Waals surface area contributed by atoms with Gasteiger partial charge < -0.3 is 5.32 Å². The van der Waals surface area contributed by atoms with Crippen molar-refractivity contribution in [2.24, 2.45) is 0 Å². The van der Waals surface area contributed by atoms with Gasteiger partial charge in [0, 0.05) is 11.7 Å². The van der Waals surface area contributed by atoms with Gasteiger partial charge in [0.1, 0.15) is 5.03 Å². The Labute approximate surface area is 146 Å². The van der Waals surface area contributed by atoms with Gasteiger partial charge in [0.25, 0.3) is 0 Å². The van der Waals surface area contributed by atoms with Gasteiger partial charge in [0.2, 0.25) is 5.91 Å². The molecule has 0 radical (unpaired) electrons. The number of nitrogens with zero attached hydrogens (tertiary/aromatic N) is 4. The smallest absolute Gasteiger partial charge is 0.233 e. The molecule has 1 saturated carbocycles. The van der Waals surface area contributed by atoms with Crippen LogP contribution in [0, 0.1) is 13.8 Å². The fourth-order valence-corrected chi connectivity index (χ4v) is 3.74. The summed E-state index contributed by atoms with van der Waals surface area (Å²) < 4.78 is 1.77. The summed E-state index contributed by atoms with van der Waals surface area (Å²) in [5.41, 5.74) is 1.97. The van der Waals surface area contributed by atoms with Crippen LogP contribution in [0.3, 0.4) is 0 Å². The Hall–Kier alpha value is -1.89. The molecule has 3 rings (SSSR count). The van der Waals surface area contributed by atoms with Crippen LogP contribution in [0.25, 0.3) is 5.82 Å². The molecule has 0 spiro atoms. The molecule has 0 bridgehead atoms. The van der Waals surface area contributed by atoms with E-state index in [4.69, 9.17) is 0 Å². The average molecular weight is 345 g/mol. The van der Waals surface area contributed by atoms with Crippen molar-refractivity contribution in [2.75, 3.05) is 0 Å². The largest absolute Gasteiger partial charge is 0.352 e. The van der Waals surface area contributed by atoms with Gasteiger partial charge >= 0.3 is 0 Å². The highest BCUT2D eigenvalue weighted by Gasteiger charge is 2.21. The zero-order valence-corrected chi connectivity index (χ0v) is 15.1. The summed E-state index contributed by atoms with van der Waals surface area (Å²) in [6.07, 6.45) is 4.62. The Kier molecular flexibility index (Phi) is 5.18. The predicted molar refractivity (Wildman–Crippen MR) is 94.3 cm³/mol. The summed E-state index contributed by atoms with van der Waals surface area (Å²) in [7, 11) is 0. The molecular weight excluding hydrogens is 322 g/mol.